The number of rotatable bonds is 4. The fourth-order valence-electron chi connectivity index (χ4n) is 5.35. The molecular weight excluding hydrogens is 401 g/mol. The summed E-state index contributed by atoms with van der Waals surface area (Å²) in [5.74, 6) is -1.27. The average Bonchev–Trinajstić information content (AvgIpc) is 2.76. The lowest BCUT2D eigenvalue weighted by molar-refractivity contribution is 0.0733. The maximum Gasteiger partial charge on any atom is 0.343 e. The first kappa shape index (κ1) is 21.7. The minimum Gasteiger partial charge on any atom is -0.423 e. The van der Waals surface area contributed by atoms with Gasteiger partial charge in [0.15, 0.2) is 11.6 Å². The molecule has 0 saturated heterocycles. The van der Waals surface area contributed by atoms with Crippen molar-refractivity contribution in [2.45, 2.75) is 51.4 Å². The van der Waals surface area contributed by atoms with E-state index in [2.05, 4.69) is 19.1 Å². The van der Waals surface area contributed by atoms with Crippen molar-refractivity contribution in [3.8, 4) is 5.75 Å². The van der Waals surface area contributed by atoms with Gasteiger partial charge in [0.1, 0.15) is 11.6 Å². The van der Waals surface area contributed by atoms with Gasteiger partial charge in [0.05, 0.1) is 5.56 Å². The predicted octanol–water partition coefficient (Wildman–Crippen LogP) is 7.20. The van der Waals surface area contributed by atoms with Crippen LogP contribution >= 0.6 is 0 Å². The van der Waals surface area contributed by atoms with Gasteiger partial charge < -0.3 is 4.74 Å². The van der Waals surface area contributed by atoms with E-state index in [1.165, 1.54) is 25.3 Å². The number of hydrogen-bond donors (Lipinski definition) is 0. The zero-order valence-corrected chi connectivity index (χ0v) is 17.6. The summed E-state index contributed by atoms with van der Waals surface area (Å²) in [7, 11) is 0. The van der Waals surface area contributed by atoms with E-state index in [1.807, 2.05) is 0 Å². The molecule has 4 rings (SSSR count). The van der Waals surface area contributed by atoms with Gasteiger partial charge in [-0.25, -0.2) is 18.0 Å². The monoisotopic (exact) mass is 428 g/mol. The topological polar surface area (TPSA) is 26.3 Å². The molecule has 2 saturated carbocycles. The first-order chi connectivity index (χ1) is 14.9. The first-order valence-electron chi connectivity index (χ1n) is 11.0. The van der Waals surface area contributed by atoms with Crippen LogP contribution in [0.15, 0.2) is 48.6 Å². The number of halogens is 3. The van der Waals surface area contributed by atoms with E-state index in [0.29, 0.717) is 17.4 Å². The SMILES string of the molecule is C/C=C/C1CCC2CC(c3ccc(C(=O)Oc4ccc(F)c(F)c4)cc3F)CCC2C1. The van der Waals surface area contributed by atoms with E-state index in [0.717, 1.165) is 43.4 Å². The number of carbonyl (C=O) groups excluding carboxylic acids is 1. The van der Waals surface area contributed by atoms with Crippen molar-refractivity contribution >= 4 is 5.97 Å². The van der Waals surface area contributed by atoms with Crippen molar-refractivity contribution in [1.29, 1.82) is 0 Å². The number of benzene rings is 2. The van der Waals surface area contributed by atoms with Crippen LogP contribution in [0.4, 0.5) is 13.2 Å². The molecule has 5 heteroatoms. The molecule has 2 aliphatic carbocycles. The van der Waals surface area contributed by atoms with Gasteiger partial charge in [-0.15, -0.1) is 0 Å². The Morgan fingerprint density at radius 3 is 2.42 bits per heavy atom. The Balaban J connectivity index is 1.42. The quantitative estimate of drug-likeness (QED) is 0.292. The summed E-state index contributed by atoms with van der Waals surface area (Å²) in [6.07, 6.45) is 11.2. The molecule has 0 amide bonds. The third-order valence-electron chi connectivity index (χ3n) is 6.90. The van der Waals surface area contributed by atoms with E-state index < -0.39 is 23.4 Å². The third kappa shape index (κ3) is 4.86. The van der Waals surface area contributed by atoms with Crippen LogP contribution in [0.2, 0.25) is 0 Å². The van der Waals surface area contributed by atoms with Crippen LogP contribution in [-0.4, -0.2) is 5.97 Å². The van der Waals surface area contributed by atoms with Crippen molar-refractivity contribution in [3.63, 3.8) is 0 Å². The van der Waals surface area contributed by atoms with Crippen LogP contribution in [-0.2, 0) is 0 Å². The Morgan fingerprint density at radius 1 is 0.903 bits per heavy atom. The molecule has 0 bridgehead atoms. The summed E-state index contributed by atoms with van der Waals surface area (Å²) < 4.78 is 46.3. The standard InChI is InChI=1S/C26H27F3O2/c1-2-3-16-4-5-18-13-19(7-6-17(18)12-16)22-10-8-20(14-24(22)28)26(30)31-21-9-11-23(27)25(29)15-21/h2-3,8-11,14-19H,4-7,12-13H2,1H3/b3-2+. The zero-order chi connectivity index (χ0) is 22.0. The number of esters is 1. The number of allylic oxidation sites excluding steroid dienone is 2. The molecule has 2 aromatic carbocycles. The Labute approximate surface area is 181 Å². The molecule has 31 heavy (non-hydrogen) atoms. The molecule has 0 spiro atoms. The molecule has 2 aliphatic rings. The van der Waals surface area contributed by atoms with Crippen LogP contribution in [0.25, 0.3) is 0 Å². The van der Waals surface area contributed by atoms with Gasteiger partial charge in [-0.2, -0.15) is 0 Å². The predicted molar refractivity (Wildman–Crippen MR) is 113 cm³/mol. The fraction of sp³-hybridized carbons (Fsp3) is 0.423. The number of ether oxygens (including phenoxy) is 1. The van der Waals surface area contributed by atoms with Crippen molar-refractivity contribution in [1.82, 2.24) is 0 Å². The number of hydrogen-bond acceptors (Lipinski definition) is 2. The molecule has 0 aromatic heterocycles. The first-order valence-corrected chi connectivity index (χ1v) is 11.0. The van der Waals surface area contributed by atoms with E-state index in [4.69, 9.17) is 4.74 Å². The lowest BCUT2D eigenvalue weighted by Crippen LogP contribution is -2.30. The molecule has 2 nitrogen and oxygen atoms in total. The molecule has 2 fully saturated rings. The highest BCUT2D eigenvalue weighted by atomic mass is 19.2. The van der Waals surface area contributed by atoms with Gasteiger partial charge in [0.2, 0.25) is 0 Å². The summed E-state index contributed by atoms with van der Waals surface area (Å²) >= 11 is 0. The van der Waals surface area contributed by atoms with Crippen molar-refractivity contribution < 1.29 is 22.7 Å². The third-order valence-corrected chi connectivity index (χ3v) is 6.90. The van der Waals surface area contributed by atoms with E-state index in [9.17, 15) is 18.0 Å². The minimum absolute atomic E-state index is 0.0477. The van der Waals surface area contributed by atoms with Gasteiger partial charge >= 0.3 is 5.97 Å². The maximum absolute atomic E-state index is 14.9. The van der Waals surface area contributed by atoms with Gasteiger partial charge in [0.25, 0.3) is 0 Å². The molecule has 2 aromatic rings. The lowest BCUT2D eigenvalue weighted by atomic mass is 9.64. The second kappa shape index (κ2) is 9.29. The van der Waals surface area contributed by atoms with E-state index in [-0.39, 0.29) is 17.2 Å². The van der Waals surface area contributed by atoms with E-state index >= 15 is 0 Å². The van der Waals surface area contributed by atoms with Crippen LogP contribution in [0.5, 0.6) is 5.75 Å². The number of carbonyl (C=O) groups is 1. The Morgan fingerprint density at radius 2 is 1.68 bits per heavy atom. The number of fused-ring (bicyclic) bond motifs is 1. The molecular formula is C26H27F3O2. The highest BCUT2D eigenvalue weighted by Gasteiger charge is 2.36. The normalized spacial score (nSPS) is 25.9. The van der Waals surface area contributed by atoms with Gasteiger partial charge in [0, 0.05) is 6.07 Å². The molecule has 0 heterocycles. The summed E-state index contributed by atoms with van der Waals surface area (Å²) in [6.45, 7) is 2.07. The van der Waals surface area contributed by atoms with E-state index in [1.54, 1.807) is 12.1 Å². The highest BCUT2D eigenvalue weighted by molar-refractivity contribution is 5.91. The summed E-state index contributed by atoms with van der Waals surface area (Å²) in [5.41, 5.74) is 0.699. The molecule has 164 valence electrons. The maximum atomic E-state index is 14.9. The summed E-state index contributed by atoms with van der Waals surface area (Å²) in [6, 6.07) is 7.24. The molecule has 4 unspecified atom stereocenters. The molecule has 4 atom stereocenters. The fourth-order valence-corrected chi connectivity index (χ4v) is 5.35. The Bertz CT molecular complexity index is 985. The van der Waals surface area contributed by atoms with Gasteiger partial charge in [-0.3, -0.25) is 0 Å². The van der Waals surface area contributed by atoms with Gasteiger partial charge in [-0.1, -0.05) is 18.2 Å². The van der Waals surface area contributed by atoms with Crippen molar-refractivity contribution in [2.75, 3.05) is 0 Å². The summed E-state index contributed by atoms with van der Waals surface area (Å²) in [5, 5.41) is 0. The Kier molecular flexibility index (Phi) is 6.49. The second-order valence-electron chi connectivity index (χ2n) is 8.83. The van der Waals surface area contributed by atoms with Crippen molar-refractivity contribution in [2.24, 2.45) is 17.8 Å². The van der Waals surface area contributed by atoms with Gasteiger partial charge in [-0.05, 0) is 98.9 Å². The molecule has 0 aliphatic heterocycles. The summed E-state index contributed by atoms with van der Waals surface area (Å²) in [4.78, 5) is 12.3. The molecule has 0 radical (unpaired) electrons. The lowest BCUT2D eigenvalue weighted by Gasteiger charge is -2.41. The molecule has 0 N–H and O–H groups in total. The van der Waals surface area contributed by atoms with Crippen LogP contribution in [0, 0.1) is 35.2 Å². The smallest absolute Gasteiger partial charge is 0.343 e. The highest BCUT2D eigenvalue weighted by Crippen LogP contribution is 2.48. The Hall–Kier alpha value is -2.56. The largest absolute Gasteiger partial charge is 0.423 e. The minimum atomic E-state index is -1.11. The van der Waals surface area contributed by atoms with Crippen molar-refractivity contribution in [3.05, 3.63) is 77.1 Å². The average molecular weight is 428 g/mol. The second-order valence-corrected chi connectivity index (χ2v) is 8.83. The van der Waals surface area contributed by atoms with Crippen LogP contribution in [0.3, 0.4) is 0 Å². The van der Waals surface area contributed by atoms with Crippen LogP contribution in [0.1, 0.15) is 67.3 Å². The van der Waals surface area contributed by atoms with Crippen LogP contribution < -0.4 is 4.74 Å². The zero-order valence-electron chi connectivity index (χ0n) is 17.6.